The Morgan fingerprint density at radius 3 is 2.25 bits per heavy atom. The number of carbonyl (C=O) groups excluding carboxylic acids is 1. The number of amides is 1. The Morgan fingerprint density at radius 2 is 1.72 bits per heavy atom. The van der Waals surface area contributed by atoms with Gasteiger partial charge >= 0.3 is 5.97 Å². The summed E-state index contributed by atoms with van der Waals surface area (Å²) in [6.45, 7) is 1.28. The highest BCUT2D eigenvalue weighted by Gasteiger charge is 2.34. The third-order valence-electron chi connectivity index (χ3n) is 5.51. The first-order valence-electron chi connectivity index (χ1n) is 10.1. The number of hydrogen-bond donors (Lipinski definition) is 3. The zero-order valence-electron chi connectivity index (χ0n) is 17.8. The van der Waals surface area contributed by atoms with Crippen molar-refractivity contribution in [3.63, 3.8) is 0 Å². The standard InChI is InChI=1S/C23H26N2O6S/c1-15-17(13-22(27)24-20(14-26)23(28)29)12-21(25(15)18-6-4-3-5-7-18)16-8-10-19(11-9-16)32(2,30)31/h3-12,15,17,20,26H,13-14H2,1-2H3,(H,24,27)(H,28,29)/t15?,17?,20-/m1/s1. The molecule has 0 saturated carbocycles. The van der Waals surface area contributed by atoms with Crippen LogP contribution in [0.2, 0.25) is 0 Å². The molecule has 0 aliphatic carbocycles. The summed E-state index contributed by atoms with van der Waals surface area (Å²) in [7, 11) is -3.32. The maximum absolute atomic E-state index is 12.5. The number of para-hydroxylation sites is 1. The monoisotopic (exact) mass is 458 g/mol. The Kier molecular flexibility index (Phi) is 7.00. The van der Waals surface area contributed by atoms with E-state index in [0.717, 1.165) is 23.2 Å². The van der Waals surface area contributed by atoms with Gasteiger partial charge in [0, 0.05) is 36.0 Å². The number of sulfone groups is 1. The van der Waals surface area contributed by atoms with Crippen molar-refractivity contribution in [2.24, 2.45) is 5.92 Å². The maximum atomic E-state index is 12.5. The molecule has 3 atom stereocenters. The van der Waals surface area contributed by atoms with E-state index in [9.17, 15) is 18.0 Å². The normalized spacial score (nSPS) is 19.3. The molecule has 170 valence electrons. The van der Waals surface area contributed by atoms with Crippen molar-refractivity contribution in [3.05, 3.63) is 66.2 Å². The molecule has 8 nitrogen and oxygen atoms in total. The van der Waals surface area contributed by atoms with Crippen LogP contribution in [0.3, 0.4) is 0 Å². The van der Waals surface area contributed by atoms with E-state index in [1.165, 1.54) is 0 Å². The summed E-state index contributed by atoms with van der Waals surface area (Å²) in [5.74, 6) is -2.00. The molecule has 1 aliphatic rings. The number of carboxylic acid groups (broad SMARTS) is 1. The Bertz CT molecular complexity index is 1110. The molecule has 2 aromatic rings. The van der Waals surface area contributed by atoms with E-state index in [4.69, 9.17) is 10.2 Å². The lowest BCUT2D eigenvalue weighted by Crippen LogP contribution is -2.44. The third-order valence-corrected chi connectivity index (χ3v) is 6.64. The van der Waals surface area contributed by atoms with Crippen LogP contribution in [0, 0.1) is 5.92 Å². The summed E-state index contributed by atoms with van der Waals surface area (Å²) >= 11 is 0. The minimum Gasteiger partial charge on any atom is -0.480 e. The zero-order valence-corrected chi connectivity index (χ0v) is 18.6. The van der Waals surface area contributed by atoms with Crippen LogP contribution in [-0.4, -0.2) is 55.5 Å². The van der Waals surface area contributed by atoms with E-state index in [-0.39, 0.29) is 23.3 Å². The Hall–Kier alpha value is -3.17. The first-order valence-corrected chi connectivity index (χ1v) is 12.0. The fourth-order valence-corrected chi connectivity index (χ4v) is 4.42. The molecule has 1 amide bonds. The van der Waals surface area contributed by atoms with Crippen molar-refractivity contribution < 1.29 is 28.2 Å². The molecule has 9 heteroatoms. The summed E-state index contributed by atoms with van der Waals surface area (Å²) in [4.78, 5) is 25.9. The number of aliphatic carboxylic acids is 1. The van der Waals surface area contributed by atoms with Crippen LogP contribution in [0.15, 0.2) is 65.6 Å². The van der Waals surface area contributed by atoms with Gasteiger partial charge in [0.15, 0.2) is 9.84 Å². The van der Waals surface area contributed by atoms with Crippen molar-refractivity contribution in [1.29, 1.82) is 0 Å². The lowest BCUT2D eigenvalue weighted by atomic mass is 9.98. The first-order chi connectivity index (χ1) is 15.1. The van der Waals surface area contributed by atoms with Crippen molar-refractivity contribution in [2.75, 3.05) is 17.8 Å². The molecule has 2 unspecified atom stereocenters. The molecule has 1 aliphatic heterocycles. The quantitative estimate of drug-likeness (QED) is 0.552. The minimum atomic E-state index is -3.32. The second kappa shape index (κ2) is 9.54. The van der Waals surface area contributed by atoms with E-state index in [0.29, 0.717) is 0 Å². The van der Waals surface area contributed by atoms with Crippen LogP contribution >= 0.6 is 0 Å². The summed E-state index contributed by atoms with van der Waals surface area (Å²) in [6.07, 6.45) is 3.14. The summed E-state index contributed by atoms with van der Waals surface area (Å²) in [5, 5.41) is 20.6. The number of carboxylic acids is 1. The number of anilines is 1. The van der Waals surface area contributed by atoms with Gasteiger partial charge in [0.05, 0.1) is 11.5 Å². The largest absolute Gasteiger partial charge is 0.480 e. The Balaban J connectivity index is 1.92. The van der Waals surface area contributed by atoms with Gasteiger partial charge in [-0.05, 0) is 36.8 Å². The van der Waals surface area contributed by atoms with Crippen molar-refractivity contribution >= 4 is 33.1 Å². The van der Waals surface area contributed by atoms with E-state index >= 15 is 0 Å². The SMILES string of the molecule is CC1C(CC(=O)N[C@H](CO)C(=O)O)C=C(c2ccc(S(C)(=O)=O)cc2)N1c1ccccc1. The molecular formula is C23H26N2O6S. The molecule has 0 fully saturated rings. The van der Waals surface area contributed by atoms with Crippen LogP contribution in [0.4, 0.5) is 5.69 Å². The lowest BCUT2D eigenvalue weighted by molar-refractivity contribution is -0.143. The van der Waals surface area contributed by atoms with Gasteiger partial charge in [0.2, 0.25) is 5.91 Å². The molecule has 3 rings (SSSR count). The van der Waals surface area contributed by atoms with E-state index in [1.807, 2.05) is 43.3 Å². The number of carbonyl (C=O) groups is 2. The second-order valence-corrected chi connectivity index (χ2v) is 9.82. The number of aliphatic hydroxyl groups excluding tert-OH is 1. The van der Waals surface area contributed by atoms with Crippen molar-refractivity contribution in [3.8, 4) is 0 Å². The number of benzene rings is 2. The van der Waals surface area contributed by atoms with Gasteiger partial charge in [-0.1, -0.05) is 36.4 Å². The smallest absolute Gasteiger partial charge is 0.328 e. The maximum Gasteiger partial charge on any atom is 0.328 e. The molecule has 0 saturated heterocycles. The van der Waals surface area contributed by atoms with E-state index in [2.05, 4.69) is 10.2 Å². The summed E-state index contributed by atoms with van der Waals surface area (Å²) < 4.78 is 23.6. The first kappa shape index (κ1) is 23.5. The highest BCUT2D eigenvalue weighted by atomic mass is 32.2. The van der Waals surface area contributed by atoms with E-state index in [1.54, 1.807) is 24.3 Å². The molecule has 0 bridgehead atoms. The topological polar surface area (TPSA) is 124 Å². The predicted octanol–water partition coefficient (Wildman–Crippen LogP) is 1.91. The average molecular weight is 459 g/mol. The number of rotatable bonds is 8. The molecule has 0 radical (unpaired) electrons. The number of nitrogens with zero attached hydrogens (tertiary/aromatic N) is 1. The van der Waals surface area contributed by atoms with Gasteiger partial charge < -0.3 is 20.4 Å². The molecule has 32 heavy (non-hydrogen) atoms. The number of nitrogens with one attached hydrogen (secondary N) is 1. The van der Waals surface area contributed by atoms with Gasteiger partial charge in [-0.2, -0.15) is 0 Å². The van der Waals surface area contributed by atoms with Gasteiger partial charge in [-0.25, -0.2) is 13.2 Å². The molecule has 0 aromatic heterocycles. The fraction of sp³-hybridized carbons (Fsp3) is 0.304. The molecule has 1 heterocycles. The Labute approximate surface area is 187 Å². The molecule has 2 aromatic carbocycles. The van der Waals surface area contributed by atoms with E-state index < -0.39 is 34.4 Å². The average Bonchev–Trinajstić information content (AvgIpc) is 3.07. The van der Waals surface area contributed by atoms with Crippen LogP contribution in [-0.2, 0) is 19.4 Å². The predicted molar refractivity (Wildman–Crippen MR) is 121 cm³/mol. The highest BCUT2D eigenvalue weighted by molar-refractivity contribution is 7.90. The molecule has 0 spiro atoms. The highest BCUT2D eigenvalue weighted by Crippen LogP contribution is 2.39. The Morgan fingerprint density at radius 1 is 1.09 bits per heavy atom. The van der Waals surface area contributed by atoms with Gasteiger partial charge in [-0.15, -0.1) is 0 Å². The van der Waals surface area contributed by atoms with Gasteiger partial charge in [0.1, 0.15) is 6.04 Å². The third kappa shape index (κ3) is 5.17. The van der Waals surface area contributed by atoms with Crippen LogP contribution in [0.25, 0.3) is 5.70 Å². The lowest BCUT2D eigenvalue weighted by Gasteiger charge is -2.30. The summed E-state index contributed by atoms with van der Waals surface area (Å²) in [5.41, 5.74) is 2.55. The second-order valence-electron chi connectivity index (χ2n) is 7.80. The fourth-order valence-electron chi connectivity index (χ4n) is 3.79. The molecule has 3 N–H and O–H groups in total. The van der Waals surface area contributed by atoms with Crippen molar-refractivity contribution in [2.45, 2.75) is 30.3 Å². The zero-order chi connectivity index (χ0) is 23.5. The minimum absolute atomic E-state index is 0.0409. The van der Waals surface area contributed by atoms with Crippen LogP contribution in [0.1, 0.15) is 18.9 Å². The van der Waals surface area contributed by atoms with Crippen molar-refractivity contribution in [1.82, 2.24) is 5.32 Å². The number of hydrogen-bond acceptors (Lipinski definition) is 6. The van der Waals surface area contributed by atoms with Gasteiger partial charge in [-0.3, -0.25) is 4.79 Å². The van der Waals surface area contributed by atoms with Crippen LogP contribution in [0.5, 0.6) is 0 Å². The van der Waals surface area contributed by atoms with Gasteiger partial charge in [0.25, 0.3) is 0 Å². The summed E-state index contributed by atoms with van der Waals surface area (Å²) in [6, 6.07) is 14.7. The number of aliphatic hydroxyl groups is 1. The van der Waals surface area contributed by atoms with Crippen LogP contribution < -0.4 is 10.2 Å². The molecular weight excluding hydrogens is 432 g/mol.